The molecular weight excluding hydrogens is 274 g/mol. The maximum atomic E-state index is 11.4. The second-order valence-electron chi connectivity index (χ2n) is 3.68. The summed E-state index contributed by atoms with van der Waals surface area (Å²) in [4.78, 5) is 12.5. The lowest BCUT2D eigenvalue weighted by molar-refractivity contribution is -0.122. The molecule has 0 aliphatic heterocycles. The molecule has 0 aliphatic rings. The number of carbonyl (C=O) groups is 1. The molecule has 1 aromatic rings. The van der Waals surface area contributed by atoms with E-state index in [1.807, 2.05) is 12.1 Å². The number of nitrogens with one attached hydrogen (secondary N) is 1. The van der Waals surface area contributed by atoms with Gasteiger partial charge in [-0.25, -0.2) is 0 Å². The van der Waals surface area contributed by atoms with E-state index in [-0.39, 0.29) is 19.1 Å². The fourth-order valence-electron chi connectivity index (χ4n) is 1.24. The maximum Gasteiger partial charge on any atom is 0.221 e. The Kier molecular flexibility index (Phi) is 7.12. The summed E-state index contributed by atoms with van der Waals surface area (Å²) in [5.74, 6) is 0.460. The van der Waals surface area contributed by atoms with Crippen LogP contribution in [0.15, 0.2) is 29.2 Å². The lowest BCUT2D eigenvalue weighted by Gasteiger charge is -2.12. The summed E-state index contributed by atoms with van der Waals surface area (Å²) < 4.78 is 0. The molecule has 0 saturated heterocycles. The number of amides is 1. The Balaban J connectivity index is 2.25. The minimum absolute atomic E-state index is 0.176. The SMILES string of the molecule is O=C(CCSc1ccc(Cl)cc1)NC(CO)CO. The molecule has 1 rings (SSSR count). The van der Waals surface area contributed by atoms with Crippen LogP contribution in [-0.4, -0.2) is 41.1 Å². The van der Waals surface area contributed by atoms with Crippen LogP contribution >= 0.6 is 23.4 Å². The fraction of sp³-hybridized carbons (Fsp3) is 0.417. The molecule has 0 saturated carbocycles. The molecule has 0 aliphatic carbocycles. The van der Waals surface area contributed by atoms with Gasteiger partial charge in [0.25, 0.3) is 0 Å². The zero-order valence-corrected chi connectivity index (χ0v) is 11.4. The van der Waals surface area contributed by atoms with Crippen molar-refractivity contribution in [3.05, 3.63) is 29.3 Å². The van der Waals surface area contributed by atoms with Crippen LogP contribution in [0.2, 0.25) is 5.02 Å². The summed E-state index contributed by atoms with van der Waals surface area (Å²) in [5, 5.41) is 20.8. The van der Waals surface area contributed by atoms with Crippen LogP contribution in [0.3, 0.4) is 0 Å². The Bertz CT molecular complexity index is 368. The van der Waals surface area contributed by atoms with Crippen molar-refractivity contribution in [3.63, 3.8) is 0 Å². The summed E-state index contributed by atoms with van der Waals surface area (Å²) in [6, 6.07) is 6.83. The van der Waals surface area contributed by atoms with Gasteiger partial charge in [0.1, 0.15) is 0 Å². The summed E-state index contributed by atoms with van der Waals surface area (Å²) in [6.45, 7) is -0.515. The zero-order chi connectivity index (χ0) is 13.4. The number of benzene rings is 1. The second-order valence-corrected chi connectivity index (χ2v) is 5.29. The van der Waals surface area contributed by atoms with E-state index in [9.17, 15) is 4.79 Å². The number of hydrogen-bond donors (Lipinski definition) is 3. The molecule has 100 valence electrons. The standard InChI is InChI=1S/C12H16ClNO3S/c13-9-1-3-11(4-2-9)18-6-5-12(17)14-10(7-15)8-16/h1-4,10,15-16H,5-8H2,(H,14,17). The summed E-state index contributed by atoms with van der Waals surface area (Å²) in [7, 11) is 0. The van der Waals surface area contributed by atoms with E-state index in [4.69, 9.17) is 21.8 Å². The Labute approximate surface area is 115 Å². The van der Waals surface area contributed by atoms with Gasteiger partial charge in [0.15, 0.2) is 0 Å². The highest BCUT2D eigenvalue weighted by atomic mass is 35.5. The first-order valence-electron chi connectivity index (χ1n) is 5.55. The van der Waals surface area contributed by atoms with Gasteiger partial charge in [-0.05, 0) is 24.3 Å². The molecule has 0 heterocycles. The molecule has 0 atom stereocenters. The smallest absolute Gasteiger partial charge is 0.221 e. The second kappa shape index (κ2) is 8.37. The van der Waals surface area contributed by atoms with Crippen molar-refractivity contribution in [1.29, 1.82) is 0 Å². The third-order valence-corrected chi connectivity index (χ3v) is 3.48. The summed E-state index contributed by atoms with van der Waals surface area (Å²) in [5.41, 5.74) is 0. The maximum absolute atomic E-state index is 11.4. The van der Waals surface area contributed by atoms with E-state index < -0.39 is 6.04 Å². The lowest BCUT2D eigenvalue weighted by atomic mass is 10.3. The molecular formula is C12H16ClNO3S. The first kappa shape index (κ1) is 15.3. The average Bonchev–Trinajstić information content (AvgIpc) is 2.38. The third-order valence-electron chi connectivity index (χ3n) is 2.22. The highest BCUT2D eigenvalue weighted by molar-refractivity contribution is 7.99. The molecule has 6 heteroatoms. The Morgan fingerprint density at radius 1 is 1.28 bits per heavy atom. The Morgan fingerprint density at radius 3 is 2.44 bits per heavy atom. The van der Waals surface area contributed by atoms with Gasteiger partial charge < -0.3 is 15.5 Å². The van der Waals surface area contributed by atoms with E-state index in [1.54, 1.807) is 23.9 Å². The first-order valence-corrected chi connectivity index (χ1v) is 6.91. The van der Waals surface area contributed by atoms with E-state index >= 15 is 0 Å². The number of aliphatic hydroxyl groups is 2. The van der Waals surface area contributed by atoms with Crippen molar-refractivity contribution >= 4 is 29.3 Å². The quantitative estimate of drug-likeness (QED) is 0.662. The first-order chi connectivity index (χ1) is 8.65. The molecule has 0 fully saturated rings. The van der Waals surface area contributed by atoms with Crippen molar-refractivity contribution in [2.24, 2.45) is 0 Å². The molecule has 0 spiro atoms. The molecule has 0 aromatic heterocycles. The number of halogens is 1. The highest BCUT2D eigenvalue weighted by Gasteiger charge is 2.09. The molecule has 0 bridgehead atoms. The summed E-state index contributed by atoms with van der Waals surface area (Å²) >= 11 is 7.32. The minimum Gasteiger partial charge on any atom is -0.394 e. The van der Waals surface area contributed by atoms with Crippen molar-refractivity contribution < 1.29 is 15.0 Å². The van der Waals surface area contributed by atoms with E-state index in [0.717, 1.165) is 4.90 Å². The van der Waals surface area contributed by atoms with Gasteiger partial charge in [-0.15, -0.1) is 11.8 Å². The molecule has 0 unspecified atom stereocenters. The predicted molar refractivity (Wildman–Crippen MR) is 72.9 cm³/mol. The normalized spacial score (nSPS) is 10.7. The third kappa shape index (κ3) is 5.73. The van der Waals surface area contributed by atoms with Crippen LogP contribution in [0.1, 0.15) is 6.42 Å². The Morgan fingerprint density at radius 2 is 1.89 bits per heavy atom. The molecule has 1 aromatic carbocycles. The largest absolute Gasteiger partial charge is 0.394 e. The van der Waals surface area contributed by atoms with Gasteiger partial charge in [-0.3, -0.25) is 4.79 Å². The van der Waals surface area contributed by atoms with Crippen molar-refractivity contribution in [2.45, 2.75) is 17.4 Å². The van der Waals surface area contributed by atoms with Crippen LogP contribution in [0.25, 0.3) is 0 Å². The lowest BCUT2D eigenvalue weighted by Crippen LogP contribution is -2.40. The van der Waals surface area contributed by atoms with Crippen LogP contribution in [0.4, 0.5) is 0 Å². The van der Waals surface area contributed by atoms with Crippen molar-refractivity contribution in [2.75, 3.05) is 19.0 Å². The van der Waals surface area contributed by atoms with Gasteiger partial charge in [-0.2, -0.15) is 0 Å². The van der Waals surface area contributed by atoms with Gasteiger partial charge in [0, 0.05) is 22.1 Å². The van der Waals surface area contributed by atoms with Gasteiger partial charge in [-0.1, -0.05) is 11.6 Å². The van der Waals surface area contributed by atoms with E-state index in [1.165, 1.54) is 0 Å². The summed E-state index contributed by atoms with van der Waals surface area (Å²) in [6.07, 6.45) is 0.337. The highest BCUT2D eigenvalue weighted by Crippen LogP contribution is 2.20. The van der Waals surface area contributed by atoms with Crippen molar-refractivity contribution in [1.82, 2.24) is 5.32 Å². The number of hydrogen-bond acceptors (Lipinski definition) is 4. The number of carbonyl (C=O) groups excluding carboxylic acids is 1. The number of rotatable bonds is 7. The predicted octanol–water partition coefficient (Wildman–Crippen LogP) is 1.29. The average molecular weight is 290 g/mol. The zero-order valence-electron chi connectivity index (χ0n) is 9.80. The fourth-order valence-corrected chi connectivity index (χ4v) is 2.22. The monoisotopic (exact) mass is 289 g/mol. The van der Waals surface area contributed by atoms with Crippen LogP contribution < -0.4 is 5.32 Å². The number of thioether (sulfide) groups is 1. The Hall–Kier alpha value is -0.750. The van der Waals surface area contributed by atoms with Gasteiger partial charge >= 0.3 is 0 Å². The topological polar surface area (TPSA) is 69.6 Å². The molecule has 4 nitrogen and oxygen atoms in total. The van der Waals surface area contributed by atoms with Crippen LogP contribution in [-0.2, 0) is 4.79 Å². The molecule has 18 heavy (non-hydrogen) atoms. The van der Waals surface area contributed by atoms with Gasteiger partial charge in [0.05, 0.1) is 19.3 Å². The van der Waals surface area contributed by atoms with Gasteiger partial charge in [0.2, 0.25) is 5.91 Å². The molecule has 3 N–H and O–H groups in total. The van der Waals surface area contributed by atoms with Crippen LogP contribution in [0, 0.1) is 0 Å². The van der Waals surface area contributed by atoms with Crippen LogP contribution in [0.5, 0.6) is 0 Å². The van der Waals surface area contributed by atoms with E-state index in [2.05, 4.69) is 5.32 Å². The van der Waals surface area contributed by atoms with E-state index in [0.29, 0.717) is 17.2 Å². The number of aliphatic hydroxyl groups excluding tert-OH is 2. The molecule has 1 amide bonds. The van der Waals surface area contributed by atoms with Crippen molar-refractivity contribution in [3.8, 4) is 0 Å². The minimum atomic E-state index is -0.571. The molecule has 0 radical (unpaired) electrons.